The van der Waals surface area contributed by atoms with E-state index in [1.54, 1.807) is 37.3 Å². The molecule has 0 aliphatic heterocycles. The Balaban J connectivity index is 2.10. The number of hydrogen-bond donors (Lipinski definition) is 2. The number of anilines is 1. The second-order valence-electron chi connectivity index (χ2n) is 4.89. The van der Waals surface area contributed by atoms with Crippen LogP contribution in [0.3, 0.4) is 0 Å². The standard InChI is InChI=1S/C15H17FN2O2S/c1-11(10-12-6-8-13(16)9-7-12)18-21(19,20)15-5-3-2-4-14(15)17/h2-9,11,18H,10,17H2,1H3. The van der Waals surface area contributed by atoms with Crippen LogP contribution in [0.4, 0.5) is 10.1 Å². The first-order chi connectivity index (χ1) is 9.88. The molecule has 0 aromatic heterocycles. The quantitative estimate of drug-likeness (QED) is 0.833. The third kappa shape index (κ3) is 4.03. The molecule has 0 aliphatic carbocycles. The molecule has 0 spiro atoms. The SMILES string of the molecule is CC(Cc1ccc(F)cc1)NS(=O)(=O)c1ccccc1N. The minimum absolute atomic E-state index is 0.0657. The number of sulfonamides is 1. The molecule has 2 aromatic rings. The minimum Gasteiger partial charge on any atom is -0.398 e. The Morgan fingerprint density at radius 3 is 2.38 bits per heavy atom. The van der Waals surface area contributed by atoms with Crippen LogP contribution in [0.5, 0.6) is 0 Å². The minimum atomic E-state index is -3.67. The van der Waals surface area contributed by atoms with Crippen molar-refractivity contribution in [3.63, 3.8) is 0 Å². The largest absolute Gasteiger partial charge is 0.398 e. The van der Waals surface area contributed by atoms with Crippen LogP contribution in [0.1, 0.15) is 12.5 Å². The first-order valence-electron chi connectivity index (χ1n) is 6.50. The zero-order valence-corrected chi connectivity index (χ0v) is 12.4. The van der Waals surface area contributed by atoms with Crippen molar-refractivity contribution in [2.75, 3.05) is 5.73 Å². The summed E-state index contributed by atoms with van der Waals surface area (Å²) in [6, 6.07) is 11.9. The maximum atomic E-state index is 12.8. The molecule has 2 aromatic carbocycles. The molecule has 0 radical (unpaired) electrons. The van der Waals surface area contributed by atoms with Gasteiger partial charge in [-0.25, -0.2) is 17.5 Å². The highest BCUT2D eigenvalue weighted by molar-refractivity contribution is 7.89. The first-order valence-corrected chi connectivity index (χ1v) is 7.98. The monoisotopic (exact) mass is 308 g/mol. The zero-order valence-electron chi connectivity index (χ0n) is 11.6. The van der Waals surface area contributed by atoms with Gasteiger partial charge >= 0.3 is 0 Å². The molecular weight excluding hydrogens is 291 g/mol. The number of hydrogen-bond acceptors (Lipinski definition) is 3. The van der Waals surface area contributed by atoms with Crippen LogP contribution in [0.15, 0.2) is 53.4 Å². The first kappa shape index (κ1) is 15.5. The van der Waals surface area contributed by atoms with Crippen LogP contribution in [0, 0.1) is 5.82 Å². The van der Waals surface area contributed by atoms with E-state index in [4.69, 9.17) is 5.73 Å². The van der Waals surface area contributed by atoms with E-state index in [0.717, 1.165) is 5.56 Å². The third-order valence-electron chi connectivity index (χ3n) is 3.02. The molecule has 2 rings (SSSR count). The Hall–Kier alpha value is -1.92. The molecule has 0 heterocycles. The van der Waals surface area contributed by atoms with E-state index < -0.39 is 10.0 Å². The lowest BCUT2D eigenvalue weighted by atomic mass is 10.1. The molecule has 6 heteroatoms. The van der Waals surface area contributed by atoms with Gasteiger partial charge < -0.3 is 5.73 Å². The Bertz CT molecular complexity index is 715. The van der Waals surface area contributed by atoms with Crippen molar-refractivity contribution in [1.29, 1.82) is 0 Å². The second-order valence-corrected chi connectivity index (χ2v) is 6.57. The Morgan fingerprint density at radius 1 is 1.14 bits per heavy atom. The van der Waals surface area contributed by atoms with Gasteiger partial charge in [0.2, 0.25) is 10.0 Å². The number of nitrogens with two attached hydrogens (primary N) is 1. The van der Waals surface area contributed by atoms with Crippen molar-refractivity contribution < 1.29 is 12.8 Å². The Labute approximate surface area is 123 Å². The predicted octanol–water partition coefficient (Wildman–Crippen LogP) is 2.32. The van der Waals surface area contributed by atoms with Crippen molar-refractivity contribution in [3.8, 4) is 0 Å². The molecule has 1 unspecified atom stereocenters. The maximum Gasteiger partial charge on any atom is 0.242 e. The van der Waals surface area contributed by atoms with Crippen LogP contribution in [-0.4, -0.2) is 14.5 Å². The summed E-state index contributed by atoms with van der Waals surface area (Å²) < 4.78 is 39.9. The molecule has 3 N–H and O–H groups in total. The second kappa shape index (κ2) is 6.24. The number of halogens is 1. The van der Waals surface area contributed by atoms with Crippen LogP contribution in [-0.2, 0) is 16.4 Å². The highest BCUT2D eigenvalue weighted by Gasteiger charge is 2.19. The van der Waals surface area contributed by atoms with E-state index in [1.165, 1.54) is 18.2 Å². The van der Waals surface area contributed by atoms with Gasteiger partial charge in [-0.1, -0.05) is 24.3 Å². The molecular formula is C15H17FN2O2S. The van der Waals surface area contributed by atoms with E-state index in [9.17, 15) is 12.8 Å². The number of para-hydroxylation sites is 1. The summed E-state index contributed by atoms with van der Waals surface area (Å²) in [6.45, 7) is 1.75. The van der Waals surface area contributed by atoms with Gasteiger partial charge in [0.1, 0.15) is 10.7 Å². The molecule has 0 bridgehead atoms. The number of nitrogen functional groups attached to an aromatic ring is 1. The van der Waals surface area contributed by atoms with Gasteiger partial charge in [-0.05, 0) is 43.2 Å². The molecule has 0 saturated carbocycles. The van der Waals surface area contributed by atoms with Crippen LogP contribution < -0.4 is 10.5 Å². The topological polar surface area (TPSA) is 72.2 Å². The molecule has 0 amide bonds. The highest BCUT2D eigenvalue weighted by Crippen LogP contribution is 2.17. The maximum absolute atomic E-state index is 12.8. The normalized spacial score (nSPS) is 13.0. The van der Waals surface area contributed by atoms with E-state index in [1.807, 2.05) is 0 Å². The van der Waals surface area contributed by atoms with Gasteiger partial charge in [0.15, 0.2) is 0 Å². The highest BCUT2D eigenvalue weighted by atomic mass is 32.2. The molecule has 21 heavy (non-hydrogen) atoms. The number of benzene rings is 2. The van der Waals surface area contributed by atoms with E-state index in [-0.39, 0.29) is 22.4 Å². The number of nitrogens with one attached hydrogen (secondary N) is 1. The van der Waals surface area contributed by atoms with Gasteiger partial charge in [0, 0.05) is 6.04 Å². The number of rotatable bonds is 5. The van der Waals surface area contributed by atoms with Crippen molar-refractivity contribution in [2.45, 2.75) is 24.3 Å². The lowest BCUT2D eigenvalue weighted by Gasteiger charge is -2.15. The van der Waals surface area contributed by atoms with Crippen LogP contribution >= 0.6 is 0 Å². The fourth-order valence-corrected chi connectivity index (χ4v) is 3.45. The van der Waals surface area contributed by atoms with Crippen LogP contribution in [0.2, 0.25) is 0 Å². The fourth-order valence-electron chi connectivity index (χ4n) is 2.07. The fraction of sp³-hybridized carbons (Fsp3) is 0.200. The van der Waals surface area contributed by atoms with Gasteiger partial charge in [0.05, 0.1) is 5.69 Å². The zero-order chi connectivity index (χ0) is 15.5. The summed E-state index contributed by atoms with van der Waals surface area (Å²) in [6.07, 6.45) is 0.465. The summed E-state index contributed by atoms with van der Waals surface area (Å²) in [5, 5.41) is 0. The van der Waals surface area contributed by atoms with Crippen LogP contribution in [0.25, 0.3) is 0 Å². The van der Waals surface area contributed by atoms with Crippen molar-refractivity contribution in [1.82, 2.24) is 4.72 Å². The van der Waals surface area contributed by atoms with Gasteiger partial charge in [-0.15, -0.1) is 0 Å². The summed E-state index contributed by atoms with van der Waals surface area (Å²) in [7, 11) is -3.67. The van der Waals surface area contributed by atoms with E-state index in [2.05, 4.69) is 4.72 Å². The average molecular weight is 308 g/mol. The molecule has 0 fully saturated rings. The van der Waals surface area contributed by atoms with Gasteiger partial charge in [-0.2, -0.15) is 0 Å². The summed E-state index contributed by atoms with van der Waals surface area (Å²) in [5.74, 6) is -0.316. The summed E-state index contributed by atoms with van der Waals surface area (Å²) in [4.78, 5) is 0.0657. The average Bonchev–Trinajstić information content (AvgIpc) is 2.41. The van der Waals surface area contributed by atoms with Crippen molar-refractivity contribution in [2.24, 2.45) is 0 Å². The predicted molar refractivity (Wildman–Crippen MR) is 80.7 cm³/mol. The van der Waals surface area contributed by atoms with E-state index >= 15 is 0 Å². The summed E-state index contributed by atoms with van der Waals surface area (Å²) >= 11 is 0. The van der Waals surface area contributed by atoms with Gasteiger partial charge in [-0.3, -0.25) is 0 Å². The lowest BCUT2D eigenvalue weighted by molar-refractivity contribution is 0.559. The third-order valence-corrected chi connectivity index (χ3v) is 4.68. The van der Waals surface area contributed by atoms with E-state index in [0.29, 0.717) is 6.42 Å². The smallest absolute Gasteiger partial charge is 0.242 e. The molecule has 1 atom stereocenters. The molecule has 0 saturated heterocycles. The van der Waals surface area contributed by atoms with Crippen molar-refractivity contribution in [3.05, 3.63) is 59.9 Å². The Kier molecular flexibility index (Phi) is 4.59. The molecule has 0 aliphatic rings. The lowest BCUT2D eigenvalue weighted by Crippen LogP contribution is -2.34. The molecule has 4 nitrogen and oxygen atoms in total. The van der Waals surface area contributed by atoms with Gasteiger partial charge in [0.25, 0.3) is 0 Å². The summed E-state index contributed by atoms with van der Waals surface area (Å²) in [5.41, 5.74) is 6.75. The Morgan fingerprint density at radius 2 is 1.76 bits per heavy atom. The molecule has 112 valence electrons. The van der Waals surface area contributed by atoms with Crippen molar-refractivity contribution >= 4 is 15.7 Å².